The smallest absolute Gasteiger partial charge is 0.313 e. The van der Waals surface area contributed by atoms with E-state index in [9.17, 15) is 14.4 Å². The molecule has 7 heteroatoms. The van der Waals surface area contributed by atoms with Crippen molar-refractivity contribution in [3.63, 3.8) is 0 Å². The van der Waals surface area contributed by atoms with Gasteiger partial charge in [-0.05, 0) is 22.9 Å². The van der Waals surface area contributed by atoms with Crippen LogP contribution in [0.3, 0.4) is 0 Å². The summed E-state index contributed by atoms with van der Waals surface area (Å²) in [6.07, 6.45) is 0.183. The standard InChI is InChI=1S/C18H20N2O4S/c21-16(19-9-10-25-12-17(22)23)7-8-20-18(24)15-6-5-13-3-1-2-4-14(13)11-15/h1-6,11H,7-10,12H2,(H,19,21)(H,20,24)(H,22,23). The maximum Gasteiger partial charge on any atom is 0.313 e. The van der Waals surface area contributed by atoms with Gasteiger partial charge in [-0.15, -0.1) is 11.8 Å². The lowest BCUT2D eigenvalue weighted by molar-refractivity contribution is -0.133. The van der Waals surface area contributed by atoms with Gasteiger partial charge < -0.3 is 15.7 Å². The highest BCUT2D eigenvalue weighted by atomic mass is 32.2. The number of nitrogens with one attached hydrogen (secondary N) is 2. The SMILES string of the molecule is O=C(O)CSCCNC(=O)CCNC(=O)c1ccc2ccccc2c1. The fourth-order valence-corrected chi connectivity index (χ4v) is 2.80. The zero-order valence-electron chi connectivity index (χ0n) is 13.7. The van der Waals surface area contributed by atoms with Crippen molar-refractivity contribution in [2.24, 2.45) is 0 Å². The zero-order valence-corrected chi connectivity index (χ0v) is 14.5. The molecule has 0 saturated carbocycles. The molecule has 0 fully saturated rings. The Bertz CT molecular complexity index is 764. The van der Waals surface area contributed by atoms with Crippen molar-refractivity contribution in [3.05, 3.63) is 48.0 Å². The molecule has 0 aliphatic heterocycles. The summed E-state index contributed by atoms with van der Waals surface area (Å²) in [4.78, 5) is 34.1. The molecule has 2 amide bonds. The number of carboxylic acids is 1. The molecule has 6 nitrogen and oxygen atoms in total. The summed E-state index contributed by atoms with van der Waals surface area (Å²) in [5, 5.41) is 16.0. The summed E-state index contributed by atoms with van der Waals surface area (Å²) in [5.74, 6) is -0.683. The van der Waals surface area contributed by atoms with Crippen LogP contribution in [0, 0.1) is 0 Å². The van der Waals surface area contributed by atoms with Gasteiger partial charge in [0.2, 0.25) is 5.91 Å². The van der Waals surface area contributed by atoms with Crippen molar-refractivity contribution >= 4 is 40.3 Å². The number of carboxylic acid groups (broad SMARTS) is 1. The van der Waals surface area contributed by atoms with E-state index in [1.165, 1.54) is 11.8 Å². The van der Waals surface area contributed by atoms with E-state index in [2.05, 4.69) is 10.6 Å². The Labute approximate surface area is 150 Å². The summed E-state index contributed by atoms with van der Waals surface area (Å²) in [6.45, 7) is 0.662. The second-order valence-electron chi connectivity index (χ2n) is 5.36. The number of aliphatic carboxylic acids is 1. The Morgan fingerprint density at radius 3 is 2.48 bits per heavy atom. The molecule has 2 aromatic rings. The van der Waals surface area contributed by atoms with Crippen molar-refractivity contribution in [1.82, 2.24) is 10.6 Å². The fourth-order valence-electron chi connectivity index (χ4n) is 2.23. The van der Waals surface area contributed by atoms with Gasteiger partial charge in [-0.2, -0.15) is 0 Å². The van der Waals surface area contributed by atoms with Crippen LogP contribution in [0.1, 0.15) is 16.8 Å². The number of rotatable bonds is 9. The van der Waals surface area contributed by atoms with Gasteiger partial charge >= 0.3 is 5.97 Å². The molecule has 2 aromatic carbocycles. The average Bonchev–Trinajstić information content (AvgIpc) is 2.60. The van der Waals surface area contributed by atoms with Gasteiger partial charge in [0, 0.05) is 30.8 Å². The second kappa shape index (κ2) is 9.68. The lowest BCUT2D eigenvalue weighted by Crippen LogP contribution is -2.31. The number of thioether (sulfide) groups is 1. The van der Waals surface area contributed by atoms with Gasteiger partial charge in [-0.25, -0.2) is 0 Å². The molecule has 0 aromatic heterocycles. The van der Waals surface area contributed by atoms with E-state index < -0.39 is 5.97 Å². The molecule has 0 aliphatic carbocycles. The Morgan fingerprint density at radius 2 is 1.72 bits per heavy atom. The van der Waals surface area contributed by atoms with Crippen LogP contribution in [0.15, 0.2) is 42.5 Å². The normalized spacial score (nSPS) is 10.4. The van der Waals surface area contributed by atoms with Gasteiger partial charge in [0.15, 0.2) is 0 Å². The van der Waals surface area contributed by atoms with Crippen molar-refractivity contribution in [3.8, 4) is 0 Å². The number of fused-ring (bicyclic) bond motifs is 1. The van der Waals surface area contributed by atoms with Crippen LogP contribution in [-0.4, -0.2) is 47.5 Å². The molecule has 132 valence electrons. The van der Waals surface area contributed by atoms with Crippen molar-refractivity contribution in [2.75, 3.05) is 24.6 Å². The Kier molecular flexibility index (Phi) is 7.28. The van der Waals surface area contributed by atoms with Crippen LogP contribution in [-0.2, 0) is 9.59 Å². The van der Waals surface area contributed by atoms with Crippen LogP contribution in [0.25, 0.3) is 10.8 Å². The van der Waals surface area contributed by atoms with E-state index in [1.54, 1.807) is 6.07 Å². The van der Waals surface area contributed by atoms with E-state index in [-0.39, 0.29) is 30.5 Å². The van der Waals surface area contributed by atoms with Gasteiger partial charge in [-0.1, -0.05) is 30.3 Å². The summed E-state index contributed by atoms with van der Waals surface area (Å²) in [6, 6.07) is 13.3. The van der Waals surface area contributed by atoms with E-state index in [1.807, 2.05) is 36.4 Å². The minimum atomic E-state index is -0.868. The summed E-state index contributed by atoms with van der Waals surface area (Å²) >= 11 is 1.25. The molecule has 0 atom stereocenters. The topological polar surface area (TPSA) is 95.5 Å². The summed E-state index contributed by atoms with van der Waals surface area (Å²) in [7, 11) is 0. The van der Waals surface area contributed by atoms with Crippen molar-refractivity contribution < 1.29 is 19.5 Å². The third-order valence-corrected chi connectivity index (χ3v) is 4.39. The van der Waals surface area contributed by atoms with Gasteiger partial charge in [0.1, 0.15) is 0 Å². The molecule has 25 heavy (non-hydrogen) atoms. The fraction of sp³-hybridized carbons (Fsp3) is 0.278. The second-order valence-corrected chi connectivity index (χ2v) is 6.47. The number of carbonyl (C=O) groups is 3. The van der Waals surface area contributed by atoms with Gasteiger partial charge in [-0.3, -0.25) is 14.4 Å². The number of hydrogen-bond acceptors (Lipinski definition) is 4. The number of hydrogen-bond donors (Lipinski definition) is 3. The van der Waals surface area contributed by atoms with E-state index in [4.69, 9.17) is 5.11 Å². The van der Waals surface area contributed by atoms with E-state index in [0.29, 0.717) is 17.9 Å². The largest absolute Gasteiger partial charge is 0.481 e. The third kappa shape index (κ3) is 6.46. The molecule has 0 heterocycles. The molecule has 3 N–H and O–H groups in total. The van der Waals surface area contributed by atoms with Crippen LogP contribution in [0.2, 0.25) is 0 Å². The highest BCUT2D eigenvalue weighted by Gasteiger charge is 2.07. The number of carbonyl (C=O) groups excluding carboxylic acids is 2. The minimum Gasteiger partial charge on any atom is -0.481 e. The lowest BCUT2D eigenvalue weighted by Gasteiger charge is -2.07. The summed E-state index contributed by atoms with van der Waals surface area (Å²) in [5.41, 5.74) is 0.559. The Hall–Kier alpha value is -2.54. The highest BCUT2D eigenvalue weighted by Crippen LogP contribution is 2.15. The number of amides is 2. The van der Waals surface area contributed by atoms with E-state index >= 15 is 0 Å². The van der Waals surface area contributed by atoms with E-state index in [0.717, 1.165) is 10.8 Å². The molecule has 0 spiro atoms. The van der Waals surface area contributed by atoms with Gasteiger partial charge in [0.25, 0.3) is 5.91 Å². The number of benzene rings is 2. The molecule has 2 rings (SSSR count). The first-order valence-electron chi connectivity index (χ1n) is 7.89. The zero-order chi connectivity index (χ0) is 18.1. The molecule has 0 radical (unpaired) electrons. The predicted molar refractivity (Wildman–Crippen MR) is 98.9 cm³/mol. The lowest BCUT2D eigenvalue weighted by atomic mass is 10.1. The minimum absolute atomic E-state index is 0.0255. The first-order valence-corrected chi connectivity index (χ1v) is 9.05. The molecule has 0 saturated heterocycles. The quantitative estimate of drug-likeness (QED) is 0.594. The first-order chi connectivity index (χ1) is 12.1. The third-order valence-electron chi connectivity index (χ3n) is 3.44. The highest BCUT2D eigenvalue weighted by molar-refractivity contribution is 7.99. The first kappa shape index (κ1) is 18.8. The summed E-state index contributed by atoms with van der Waals surface area (Å²) < 4.78 is 0. The Balaban J connectivity index is 1.69. The van der Waals surface area contributed by atoms with Crippen LogP contribution >= 0.6 is 11.8 Å². The average molecular weight is 360 g/mol. The molecular formula is C18H20N2O4S. The Morgan fingerprint density at radius 1 is 0.960 bits per heavy atom. The predicted octanol–water partition coefficient (Wildman–Crippen LogP) is 1.89. The molecule has 0 bridgehead atoms. The van der Waals surface area contributed by atoms with Crippen LogP contribution in [0.5, 0.6) is 0 Å². The maximum absolute atomic E-state index is 12.1. The molecule has 0 aliphatic rings. The van der Waals surface area contributed by atoms with Crippen LogP contribution < -0.4 is 10.6 Å². The van der Waals surface area contributed by atoms with Crippen LogP contribution in [0.4, 0.5) is 0 Å². The maximum atomic E-state index is 12.1. The van der Waals surface area contributed by atoms with Crippen molar-refractivity contribution in [2.45, 2.75) is 6.42 Å². The monoisotopic (exact) mass is 360 g/mol. The molecule has 0 unspecified atom stereocenters. The van der Waals surface area contributed by atoms with Crippen molar-refractivity contribution in [1.29, 1.82) is 0 Å². The van der Waals surface area contributed by atoms with Gasteiger partial charge in [0.05, 0.1) is 5.75 Å². The molecular weight excluding hydrogens is 340 g/mol.